The van der Waals surface area contributed by atoms with Crippen molar-refractivity contribution in [2.75, 3.05) is 30.4 Å². The Morgan fingerprint density at radius 1 is 1.11 bits per heavy atom. The molecule has 5 rings (SSSR count). The van der Waals surface area contributed by atoms with Gasteiger partial charge in [-0.05, 0) is 81.6 Å². The van der Waals surface area contributed by atoms with Gasteiger partial charge < -0.3 is 20.9 Å². The molecule has 4 aromatic rings. The summed E-state index contributed by atoms with van der Waals surface area (Å²) in [5.74, 6) is 2.12. The Hall–Kier alpha value is -3.56. The summed E-state index contributed by atoms with van der Waals surface area (Å²) in [4.78, 5) is 29.4. The highest BCUT2D eigenvalue weighted by Gasteiger charge is 2.21. The Kier molecular flexibility index (Phi) is 7.62. The molecule has 37 heavy (non-hydrogen) atoms. The zero-order chi connectivity index (χ0) is 25.8. The molecule has 0 radical (unpaired) electrons. The van der Waals surface area contributed by atoms with E-state index in [1.807, 2.05) is 31.3 Å². The fraction of sp³-hybridized carbons (Fsp3) is 0.357. The number of carbonyl (C=O) groups excluding carboxylic acids is 1. The third kappa shape index (κ3) is 6.23. The van der Waals surface area contributed by atoms with Gasteiger partial charge in [-0.15, -0.1) is 0 Å². The lowest BCUT2D eigenvalue weighted by atomic mass is 9.91. The standard InChI is InChI=1S/C28H33N7OS/c1-18-4-7-22(8-5-18)35(3)25-11-9-23-27(34-25)37-28(32-23)33-24-10-6-20(17-30-24)16-26(36)31-19(2)21-12-14-29-15-13-21/h4-11,17,19,21,29H,12-16H2,1-3H3,(H,31,36)(H,30,32,33). The minimum absolute atomic E-state index is 0.0391. The number of hydrogen-bond acceptors (Lipinski definition) is 8. The molecular weight excluding hydrogens is 482 g/mol. The second kappa shape index (κ2) is 11.2. The number of aryl methyl sites for hydroxylation is 1. The minimum atomic E-state index is 0.0391. The summed E-state index contributed by atoms with van der Waals surface area (Å²) < 4.78 is 0. The molecule has 0 saturated carbocycles. The second-order valence-electron chi connectivity index (χ2n) is 9.70. The van der Waals surface area contributed by atoms with Crippen molar-refractivity contribution in [2.24, 2.45) is 5.92 Å². The summed E-state index contributed by atoms with van der Waals surface area (Å²) in [6.45, 7) is 6.24. The van der Waals surface area contributed by atoms with Crippen LogP contribution in [0.3, 0.4) is 0 Å². The van der Waals surface area contributed by atoms with Crippen molar-refractivity contribution in [3.63, 3.8) is 0 Å². The number of amides is 1. The predicted octanol–water partition coefficient (Wildman–Crippen LogP) is 4.95. The highest BCUT2D eigenvalue weighted by molar-refractivity contribution is 7.21. The molecule has 0 spiro atoms. The number of piperidine rings is 1. The smallest absolute Gasteiger partial charge is 0.224 e. The van der Waals surface area contributed by atoms with E-state index in [9.17, 15) is 4.79 Å². The van der Waals surface area contributed by atoms with Gasteiger partial charge in [0.1, 0.15) is 22.0 Å². The van der Waals surface area contributed by atoms with Crippen molar-refractivity contribution in [3.05, 3.63) is 65.9 Å². The number of nitrogens with zero attached hydrogens (tertiary/aromatic N) is 4. The first-order chi connectivity index (χ1) is 17.9. The van der Waals surface area contributed by atoms with E-state index in [0.717, 1.165) is 58.5 Å². The summed E-state index contributed by atoms with van der Waals surface area (Å²) in [6, 6.07) is 16.4. The molecule has 4 heterocycles. The second-order valence-corrected chi connectivity index (χ2v) is 10.7. The number of fused-ring (bicyclic) bond motifs is 1. The van der Waals surface area contributed by atoms with Gasteiger partial charge in [0.05, 0.1) is 6.42 Å². The maximum absolute atomic E-state index is 12.5. The quantitative estimate of drug-likeness (QED) is 0.306. The average Bonchev–Trinajstić information content (AvgIpc) is 3.32. The molecule has 1 fully saturated rings. The van der Waals surface area contributed by atoms with Crippen LogP contribution in [0.1, 0.15) is 30.9 Å². The number of nitrogens with one attached hydrogen (secondary N) is 3. The Bertz CT molecular complexity index is 1350. The Labute approximate surface area is 221 Å². The fourth-order valence-corrected chi connectivity index (χ4v) is 5.45. The fourth-order valence-electron chi connectivity index (χ4n) is 4.61. The lowest BCUT2D eigenvalue weighted by Crippen LogP contribution is -2.43. The van der Waals surface area contributed by atoms with Crippen molar-refractivity contribution >= 4 is 50.0 Å². The Morgan fingerprint density at radius 2 is 1.89 bits per heavy atom. The van der Waals surface area contributed by atoms with Gasteiger partial charge in [-0.3, -0.25) is 4.79 Å². The number of anilines is 4. The van der Waals surface area contributed by atoms with Gasteiger partial charge in [0.25, 0.3) is 0 Å². The first-order valence-electron chi connectivity index (χ1n) is 12.7. The van der Waals surface area contributed by atoms with Crippen LogP contribution < -0.4 is 20.9 Å². The Morgan fingerprint density at radius 3 is 2.62 bits per heavy atom. The first-order valence-corrected chi connectivity index (χ1v) is 13.6. The van der Waals surface area contributed by atoms with Crippen molar-refractivity contribution in [1.82, 2.24) is 25.6 Å². The van der Waals surface area contributed by atoms with Gasteiger partial charge in [0, 0.05) is 25.0 Å². The zero-order valence-corrected chi connectivity index (χ0v) is 22.3. The number of pyridine rings is 2. The molecule has 1 unspecified atom stereocenters. The molecule has 1 aliphatic rings. The van der Waals surface area contributed by atoms with Crippen LogP contribution in [0.2, 0.25) is 0 Å². The average molecular weight is 516 g/mol. The molecule has 1 aromatic carbocycles. The van der Waals surface area contributed by atoms with Crippen molar-refractivity contribution in [2.45, 2.75) is 39.2 Å². The number of hydrogen-bond donors (Lipinski definition) is 3. The molecule has 192 valence electrons. The van der Waals surface area contributed by atoms with Gasteiger partial charge in [-0.1, -0.05) is 35.1 Å². The van der Waals surface area contributed by atoms with E-state index in [2.05, 4.69) is 68.9 Å². The normalized spacial score (nSPS) is 14.9. The molecular formula is C28H33N7OS. The molecule has 3 N–H and O–H groups in total. The lowest BCUT2D eigenvalue weighted by Gasteiger charge is -2.28. The number of thiazole rings is 1. The first kappa shape index (κ1) is 25.1. The maximum atomic E-state index is 12.5. The summed E-state index contributed by atoms with van der Waals surface area (Å²) in [5.41, 5.74) is 4.03. The monoisotopic (exact) mass is 515 g/mol. The number of rotatable bonds is 8. The van der Waals surface area contributed by atoms with E-state index in [-0.39, 0.29) is 11.9 Å². The van der Waals surface area contributed by atoms with Crippen LogP contribution in [-0.4, -0.2) is 47.0 Å². The van der Waals surface area contributed by atoms with Crippen LogP contribution in [0.25, 0.3) is 10.3 Å². The molecule has 1 atom stereocenters. The van der Waals surface area contributed by atoms with Crippen LogP contribution in [0.4, 0.5) is 22.5 Å². The van der Waals surface area contributed by atoms with Crippen LogP contribution in [-0.2, 0) is 11.2 Å². The Balaban J connectivity index is 1.19. The summed E-state index contributed by atoms with van der Waals surface area (Å²) in [5, 5.41) is 10.5. The van der Waals surface area contributed by atoms with Gasteiger partial charge in [-0.2, -0.15) is 0 Å². The number of aromatic nitrogens is 3. The SMILES string of the molecule is Cc1ccc(N(C)c2ccc3nc(Nc4ccc(CC(=O)NC(C)C5CCNCC5)cn4)sc3n2)cc1. The maximum Gasteiger partial charge on any atom is 0.224 e. The van der Waals surface area contributed by atoms with Gasteiger partial charge >= 0.3 is 0 Å². The zero-order valence-electron chi connectivity index (χ0n) is 21.5. The highest BCUT2D eigenvalue weighted by atomic mass is 32.1. The summed E-state index contributed by atoms with van der Waals surface area (Å²) in [6.07, 6.45) is 4.28. The van der Waals surface area contributed by atoms with Gasteiger partial charge in [0.15, 0.2) is 5.13 Å². The van der Waals surface area contributed by atoms with E-state index in [0.29, 0.717) is 18.2 Å². The number of carbonyl (C=O) groups is 1. The van der Waals surface area contributed by atoms with Crippen LogP contribution in [0.5, 0.6) is 0 Å². The van der Waals surface area contributed by atoms with E-state index in [4.69, 9.17) is 4.98 Å². The van der Waals surface area contributed by atoms with E-state index in [1.165, 1.54) is 16.9 Å². The van der Waals surface area contributed by atoms with E-state index in [1.54, 1.807) is 6.20 Å². The van der Waals surface area contributed by atoms with Crippen LogP contribution in [0, 0.1) is 12.8 Å². The minimum Gasteiger partial charge on any atom is -0.353 e. The van der Waals surface area contributed by atoms with Crippen LogP contribution >= 0.6 is 11.3 Å². The third-order valence-corrected chi connectivity index (χ3v) is 7.79. The molecule has 9 heteroatoms. The molecule has 3 aromatic heterocycles. The van der Waals surface area contributed by atoms with Gasteiger partial charge in [-0.25, -0.2) is 15.0 Å². The molecule has 1 amide bonds. The summed E-state index contributed by atoms with van der Waals surface area (Å²) in [7, 11) is 2.01. The summed E-state index contributed by atoms with van der Waals surface area (Å²) >= 11 is 1.49. The van der Waals surface area contributed by atoms with Crippen molar-refractivity contribution < 1.29 is 4.79 Å². The molecule has 8 nitrogen and oxygen atoms in total. The van der Waals surface area contributed by atoms with Crippen molar-refractivity contribution in [3.8, 4) is 0 Å². The lowest BCUT2D eigenvalue weighted by molar-refractivity contribution is -0.121. The van der Waals surface area contributed by atoms with Crippen LogP contribution in [0.15, 0.2) is 54.7 Å². The molecule has 1 saturated heterocycles. The highest BCUT2D eigenvalue weighted by Crippen LogP contribution is 2.30. The largest absolute Gasteiger partial charge is 0.353 e. The molecule has 0 bridgehead atoms. The van der Waals surface area contributed by atoms with Gasteiger partial charge in [0.2, 0.25) is 5.91 Å². The molecule has 0 aliphatic carbocycles. The van der Waals surface area contributed by atoms with E-state index < -0.39 is 0 Å². The number of benzene rings is 1. The molecule has 1 aliphatic heterocycles. The third-order valence-electron chi connectivity index (χ3n) is 6.91. The van der Waals surface area contributed by atoms with Crippen molar-refractivity contribution in [1.29, 1.82) is 0 Å². The topological polar surface area (TPSA) is 95.1 Å². The predicted molar refractivity (Wildman–Crippen MR) is 151 cm³/mol. The van der Waals surface area contributed by atoms with E-state index >= 15 is 0 Å².